The third-order valence-corrected chi connectivity index (χ3v) is 2.06. The molecule has 1 atom stereocenters. The van der Waals surface area contributed by atoms with Crippen LogP contribution < -0.4 is 10.6 Å². The Kier molecular flexibility index (Phi) is 4.83. The minimum Gasteiger partial charge on any atom is -0.394 e. The Morgan fingerprint density at radius 3 is 2.67 bits per heavy atom. The first-order chi connectivity index (χ1) is 7.30. The van der Waals surface area contributed by atoms with Crippen molar-refractivity contribution in [1.82, 2.24) is 9.97 Å². The Hall–Kier alpha value is -1.36. The van der Waals surface area contributed by atoms with Gasteiger partial charge in [-0.05, 0) is 13.3 Å². The molecule has 0 spiro atoms. The van der Waals surface area contributed by atoms with Crippen molar-refractivity contribution in [2.24, 2.45) is 0 Å². The molecule has 0 saturated carbocycles. The maximum atomic E-state index is 9.03. The van der Waals surface area contributed by atoms with Crippen molar-refractivity contribution >= 4 is 11.6 Å². The van der Waals surface area contributed by atoms with E-state index in [0.717, 1.165) is 18.8 Å². The van der Waals surface area contributed by atoms with Crippen molar-refractivity contribution in [3.63, 3.8) is 0 Å². The van der Waals surface area contributed by atoms with Crippen LogP contribution in [-0.4, -0.2) is 34.3 Å². The number of nitrogens with one attached hydrogen (secondary N) is 2. The summed E-state index contributed by atoms with van der Waals surface area (Å²) in [5.41, 5.74) is 0. The standard InChI is InChI=1S/C10H18N4O/c1-3-8(7-15)13-10-6-11-5-9(14-10)12-4-2/h5-6,8,15H,3-4,7H2,1-2H3,(H2,12,13,14). The molecule has 0 aliphatic heterocycles. The minimum absolute atomic E-state index is 0.0381. The summed E-state index contributed by atoms with van der Waals surface area (Å²) < 4.78 is 0. The minimum atomic E-state index is 0.0381. The van der Waals surface area contributed by atoms with Crippen molar-refractivity contribution in [2.75, 3.05) is 23.8 Å². The molecule has 1 aromatic heterocycles. The molecule has 15 heavy (non-hydrogen) atoms. The van der Waals surface area contributed by atoms with Gasteiger partial charge < -0.3 is 15.7 Å². The summed E-state index contributed by atoms with van der Waals surface area (Å²) in [5, 5.41) is 15.2. The molecular formula is C10H18N4O. The van der Waals surface area contributed by atoms with E-state index < -0.39 is 0 Å². The molecule has 0 aliphatic rings. The summed E-state index contributed by atoms with van der Waals surface area (Å²) in [4.78, 5) is 8.36. The van der Waals surface area contributed by atoms with Crippen molar-refractivity contribution < 1.29 is 5.11 Å². The highest BCUT2D eigenvalue weighted by molar-refractivity contribution is 5.41. The van der Waals surface area contributed by atoms with Gasteiger partial charge in [-0.15, -0.1) is 0 Å². The lowest BCUT2D eigenvalue weighted by Gasteiger charge is -2.14. The van der Waals surface area contributed by atoms with Crippen LogP contribution >= 0.6 is 0 Å². The van der Waals surface area contributed by atoms with Crippen LogP contribution in [-0.2, 0) is 0 Å². The monoisotopic (exact) mass is 210 g/mol. The molecule has 1 heterocycles. The molecule has 1 unspecified atom stereocenters. The maximum Gasteiger partial charge on any atom is 0.147 e. The fraction of sp³-hybridized carbons (Fsp3) is 0.600. The molecule has 0 aliphatic carbocycles. The van der Waals surface area contributed by atoms with E-state index in [2.05, 4.69) is 20.6 Å². The summed E-state index contributed by atoms with van der Waals surface area (Å²) in [5.74, 6) is 1.43. The SMILES string of the molecule is CCNc1cncc(NC(CC)CO)n1. The van der Waals surface area contributed by atoms with Gasteiger partial charge in [-0.2, -0.15) is 0 Å². The summed E-state index contributed by atoms with van der Waals surface area (Å²) in [7, 11) is 0. The maximum absolute atomic E-state index is 9.03. The molecule has 0 bridgehead atoms. The Morgan fingerprint density at radius 2 is 2.07 bits per heavy atom. The topological polar surface area (TPSA) is 70.1 Å². The first kappa shape index (κ1) is 11.7. The lowest BCUT2D eigenvalue weighted by molar-refractivity contribution is 0.271. The second-order valence-corrected chi connectivity index (χ2v) is 3.25. The fourth-order valence-corrected chi connectivity index (χ4v) is 1.19. The van der Waals surface area contributed by atoms with Gasteiger partial charge in [0.2, 0.25) is 0 Å². The van der Waals surface area contributed by atoms with E-state index in [-0.39, 0.29) is 12.6 Å². The molecule has 0 fully saturated rings. The number of aliphatic hydroxyl groups is 1. The van der Waals surface area contributed by atoms with Crippen LogP contribution in [0, 0.1) is 0 Å². The van der Waals surface area contributed by atoms with E-state index in [0.29, 0.717) is 5.82 Å². The van der Waals surface area contributed by atoms with Crippen LogP contribution in [0.25, 0.3) is 0 Å². The van der Waals surface area contributed by atoms with Crippen LogP contribution in [0.15, 0.2) is 12.4 Å². The summed E-state index contributed by atoms with van der Waals surface area (Å²) in [6.45, 7) is 4.93. The van der Waals surface area contributed by atoms with Gasteiger partial charge in [0.1, 0.15) is 11.6 Å². The molecule has 0 amide bonds. The molecule has 5 heteroatoms. The molecule has 5 nitrogen and oxygen atoms in total. The molecule has 84 valence electrons. The van der Waals surface area contributed by atoms with Crippen LogP contribution in [0.5, 0.6) is 0 Å². The first-order valence-corrected chi connectivity index (χ1v) is 5.23. The highest BCUT2D eigenvalue weighted by Gasteiger charge is 2.05. The lowest BCUT2D eigenvalue weighted by atomic mass is 10.2. The Morgan fingerprint density at radius 1 is 1.33 bits per heavy atom. The zero-order chi connectivity index (χ0) is 11.1. The average molecular weight is 210 g/mol. The number of hydrogen-bond donors (Lipinski definition) is 3. The number of rotatable bonds is 6. The summed E-state index contributed by atoms with van der Waals surface area (Å²) in [6.07, 6.45) is 4.18. The first-order valence-electron chi connectivity index (χ1n) is 5.23. The number of anilines is 2. The molecule has 0 radical (unpaired) electrons. The Balaban J connectivity index is 2.64. The van der Waals surface area contributed by atoms with E-state index in [4.69, 9.17) is 5.11 Å². The second kappa shape index (κ2) is 6.19. The number of nitrogens with zero attached hydrogens (tertiary/aromatic N) is 2. The van der Waals surface area contributed by atoms with Crippen LogP contribution in [0.3, 0.4) is 0 Å². The van der Waals surface area contributed by atoms with Gasteiger partial charge in [0.25, 0.3) is 0 Å². The summed E-state index contributed by atoms with van der Waals surface area (Å²) in [6, 6.07) is 0.0381. The highest BCUT2D eigenvalue weighted by Crippen LogP contribution is 2.08. The quantitative estimate of drug-likeness (QED) is 0.655. The molecule has 0 saturated heterocycles. The fourth-order valence-electron chi connectivity index (χ4n) is 1.19. The van der Waals surface area contributed by atoms with Gasteiger partial charge in [-0.25, -0.2) is 4.98 Å². The van der Waals surface area contributed by atoms with E-state index in [1.54, 1.807) is 12.4 Å². The van der Waals surface area contributed by atoms with Gasteiger partial charge in [-0.1, -0.05) is 6.92 Å². The van der Waals surface area contributed by atoms with E-state index >= 15 is 0 Å². The largest absolute Gasteiger partial charge is 0.394 e. The zero-order valence-electron chi connectivity index (χ0n) is 9.20. The predicted molar refractivity (Wildman–Crippen MR) is 61.0 cm³/mol. The van der Waals surface area contributed by atoms with Gasteiger partial charge in [0.15, 0.2) is 0 Å². The van der Waals surface area contributed by atoms with E-state index in [1.807, 2.05) is 13.8 Å². The molecule has 0 aromatic carbocycles. The smallest absolute Gasteiger partial charge is 0.147 e. The molecular weight excluding hydrogens is 192 g/mol. The van der Waals surface area contributed by atoms with Crippen LogP contribution in [0.1, 0.15) is 20.3 Å². The lowest BCUT2D eigenvalue weighted by Crippen LogP contribution is -2.23. The number of aliphatic hydroxyl groups excluding tert-OH is 1. The Labute approximate surface area is 90.0 Å². The van der Waals surface area contributed by atoms with Crippen molar-refractivity contribution in [2.45, 2.75) is 26.3 Å². The van der Waals surface area contributed by atoms with Crippen molar-refractivity contribution in [3.05, 3.63) is 12.4 Å². The predicted octanol–water partition coefficient (Wildman–Crippen LogP) is 1.09. The van der Waals surface area contributed by atoms with Gasteiger partial charge in [-0.3, -0.25) is 4.98 Å². The van der Waals surface area contributed by atoms with Gasteiger partial charge in [0, 0.05) is 6.54 Å². The zero-order valence-corrected chi connectivity index (χ0v) is 9.20. The third-order valence-electron chi connectivity index (χ3n) is 2.06. The number of aromatic nitrogens is 2. The van der Waals surface area contributed by atoms with E-state index in [1.165, 1.54) is 0 Å². The molecule has 3 N–H and O–H groups in total. The third kappa shape index (κ3) is 3.71. The normalized spacial score (nSPS) is 12.2. The van der Waals surface area contributed by atoms with Crippen molar-refractivity contribution in [1.29, 1.82) is 0 Å². The summed E-state index contributed by atoms with van der Waals surface area (Å²) >= 11 is 0. The molecule has 1 aromatic rings. The van der Waals surface area contributed by atoms with Gasteiger partial charge in [0.05, 0.1) is 25.0 Å². The molecule has 1 rings (SSSR count). The van der Waals surface area contributed by atoms with E-state index in [9.17, 15) is 0 Å². The van der Waals surface area contributed by atoms with Crippen LogP contribution in [0.2, 0.25) is 0 Å². The Bertz CT molecular complexity index is 289. The highest BCUT2D eigenvalue weighted by atomic mass is 16.3. The number of hydrogen-bond acceptors (Lipinski definition) is 5. The van der Waals surface area contributed by atoms with Gasteiger partial charge >= 0.3 is 0 Å². The second-order valence-electron chi connectivity index (χ2n) is 3.25. The van der Waals surface area contributed by atoms with Crippen LogP contribution in [0.4, 0.5) is 11.6 Å². The van der Waals surface area contributed by atoms with Crippen molar-refractivity contribution in [3.8, 4) is 0 Å². The average Bonchev–Trinajstić information content (AvgIpc) is 2.27.